The van der Waals surface area contributed by atoms with Crippen LogP contribution in [0.15, 0.2) is 48.5 Å². The average molecular weight is 294 g/mol. The Balaban J connectivity index is 1.49. The molecule has 2 aromatic carbocycles. The molecule has 1 aliphatic heterocycles. The van der Waals surface area contributed by atoms with Crippen molar-refractivity contribution in [3.8, 4) is 11.1 Å². The molecule has 0 aromatic heterocycles. The average Bonchev–Trinajstić information content (AvgIpc) is 2.91. The van der Waals surface area contributed by atoms with Crippen molar-refractivity contribution in [1.29, 1.82) is 0 Å². The molecule has 2 heteroatoms. The molecule has 1 atom stereocenters. The second-order valence-electron chi connectivity index (χ2n) is 6.18. The molecule has 1 saturated heterocycles. The summed E-state index contributed by atoms with van der Waals surface area (Å²) in [5.41, 5.74) is 5.66. The van der Waals surface area contributed by atoms with Crippen molar-refractivity contribution in [2.45, 2.75) is 37.9 Å². The summed E-state index contributed by atoms with van der Waals surface area (Å²) in [6, 6.07) is 17.5. The molecule has 114 valence electrons. The Morgan fingerprint density at radius 2 is 1.59 bits per heavy atom. The summed E-state index contributed by atoms with van der Waals surface area (Å²) in [5, 5.41) is 0. The molecule has 0 N–H and O–H groups in total. The van der Waals surface area contributed by atoms with Gasteiger partial charge in [0.2, 0.25) is 0 Å². The fraction of sp³-hybridized carbons (Fsp3) is 0.400. The van der Waals surface area contributed by atoms with Crippen molar-refractivity contribution in [1.82, 2.24) is 0 Å². The van der Waals surface area contributed by atoms with Crippen LogP contribution in [0.4, 0.5) is 0 Å². The first kappa shape index (κ1) is 14.0. The van der Waals surface area contributed by atoms with E-state index in [-0.39, 0.29) is 6.29 Å². The zero-order chi connectivity index (χ0) is 14.8. The molecule has 4 rings (SSSR count). The zero-order valence-electron chi connectivity index (χ0n) is 12.8. The topological polar surface area (TPSA) is 18.5 Å². The first-order valence-electron chi connectivity index (χ1n) is 8.35. The highest BCUT2D eigenvalue weighted by Gasteiger charge is 2.27. The first-order chi connectivity index (χ1) is 10.9. The fourth-order valence-electron chi connectivity index (χ4n) is 3.73. The van der Waals surface area contributed by atoms with Gasteiger partial charge in [0.15, 0.2) is 6.29 Å². The van der Waals surface area contributed by atoms with Gasteiger partial charge >= 0.3 is 0 Å². The molecule has 22 heavy (non-hydrogen) atoms. The summed E-state index contributed by atoms with van der Waals surface area (Å²) in [5.74, 6) is 0.455. The molecule has 1 fully saturated rings. The Morgan fingerprint density at radius 3 is 2.23 bits per heavy atom. The van der Waals surface area contributed by atoms with Gasteiger partial charge in [-0.05, 0) is 47.9 Å². The summed E-state index contributed by atoms with van der Waals surface area (Å²) in [6.07, 6.45) is 4.47. The van der Waals surface area contributed by atoms with Crippen LogP contribution in [0.25, 0.3) is 11.1 Å². The predicted octanol–water partition coefficient (Wildman–Crippen LogP) is 4.73. The molecule has 1 heterocycles. The number of ether oxygens (including phenoxy) is 2. The molecule has 0 saturated carbocycles. The SMILES string of the molecule is c1ccc2c(c1)-c1ccccc1C2CCOC1CCCCO1. The van der Waals surface area contributed by atoms with Crippen LogP contribution in [0.5, 0.6) is 0 Å². The van der Waals surface area contributed by atoms with Crippen LogP contribution in [-0.2, 0) is 9.47 Å². The Kier molecular flexibility index (Phi) is 3.96. The normalized spacial score (nSPS) is 20.6. The Labute approximate surface area is 132 Å². The van der Waals surface area contributed by atoms with Gasteiger partial charge in [-0.15, -0.1) is 0 Å². The molecule has 2 aliphatic rings. The second-order valence-corrected chi connectivity index (χ2v) is 6.18. The van der Waals surface area contributed by atoms with Gasteiger partial charge in [0.25, 0.3) is 0 Å². The summed E-state index contributed by atoms with van der Waals surface area (Å²) in [7, 11) is 0. The van der Waals surface area contributed by atoms with Crippen molar-refractivity contribution < 1.29 is 9.47 Å². The van der Waals surface area contributed by atoms with Crippen LogP contribution in [-0.4, -0.2) is 19.5 Å². The summed E-state index contributed by atoms with van der Waals surface area (Å²) < 4.78 is 11.6. The number of rotatable bonds is 4. The van der Waals surface area contributed by atoms with Crippen molar-refractivity contribution in [3.05, 3.63) is 59.7 Å². The van der Waals surface area contributed by atoms with Gasteiger partial charge in [-0.2, -0.15) is 0 Å². The minimum absolute atomic E-state index is 0.0145. The van der Waals surface area contributed by atoms with Gasteiger partial charge in [-0.25, -0.2) is 0 Å². The van der Waals surface area contributed by atoms with Crippen LogP contribution >= 0.6 is 0 Å². The number of benzene rings is 2. The van der Waals surface area contributed by atoms with E-state index in [4.69, 9.17) is 9.47 Å². The Bertz CT molecular complexity index is 598. The van der Waals surface area contributed by atoms with E-state index in [0.29, 0.717) is 5.92 Å². The van der Waals surface area contributed by atoms with Crippen molar-refractivity contribution in [2.24, 2.45) is 0 Å². The van der Waals surface area contributed by atoms with E-state index >= 15 is 0 Å². The maximum atomic E-state index is 5.95. The lowest BCUT2D eigenvalue weighted by Gasteiger charge is -2.23. The quantitative estimate of drug-likeness (QED) is 0.811. The van der Waals surface area contributed by atoms with Gasteiger partial charge in [0.1, 0.15) is 0 Å². The molecule has 0 spiro atoms. The number of hydrogen-bond donors (Lipinski definition) is 0. The standard InChI is InChI=1S/C20H22O2/c1-3-9-17-15(7-1)16-8-2-4-10-18(16)19(17)12-14-22-20-11-5-6-13-21-20/h1-4,7-10,19-20H,5-6,11-14H2. The Hall–Kier alpha value is -1.64. The van der Waals surface area contributed by atoms with Crippen LogP contribution in [0.1, 0.15) is 42.7 Å². The molecule has 2 nitrogen and oxygen atoms in total. The maximum absolute atomic E-state index is 5.95. The van der Waals surface area contributed by atoms with E-state index in [1.807, 2.05) is 0 Å². The van der Waals surface area contributed by atoms with Crippen molar-refractivity contribution >= 4 is 0 Å². The third kappa shape index (κ3) is 2.57. The lowest BCUT2D eigenvalue weighted by atomic mass is 9.94. The van der Waals surface area contributed by atoms with Gasteiger partial charge in [-0.1, -0.05) is 48.5 Å². The summed E-state index contributed by atoms with van der Waals surface area (Å²) in [6.45, 7) is 1.61. The van der Waals surface area contributed by atoms with Crippen LogP contribution in [0.2, 0.25) is 0 Å². The van der Waals surface area contributed by atoms with Crippen LogP contribution in [0, 0.1) is 0 Å². The predicted molar refractivity (Wildman–Crippen MR) is 87.9 cm³/mol. The van der Waals surface area contributed by atoms with Gasteiger partial charge < -0.3 is 9.47 Å². The van der Waals surface area contributed by atoms with E-state index in [1.165, 1.54) is 35.1 Å². The Morgan fingerprint density at radius 1 is 0.909 bits per heavy atom. The molecule has 2 aromatic rings. The zero-order valence-corrected chi connectivity index (χ0v) is 12.8. The molecule has 0 amide bonds. The first-order valence-corrected chi connectivity index (χ1v) is 8.35. The summed E-state index contributed by atoms with van der Waals surface area (Å²) >= 11 is 0. The van der Waals surface area contributed by atoms with Crippen molar-refractivity contribution in [2.75, 3.05) is 13.2 Å². The van der Waals surface area contributed by atoms with Crippen LogP contribution < -0.4 is 0 Å². The third-order valence-electron chi connectivity index (χ3n) is 4.81. The number of fused-ring (bicyclic) bond motifs is 3. The van der Waals surface area contributed by atoms with Gasteiger partial charge in [-0.3, -0.25) is 0 Å². The van der Waals surface area contributed by atoms with E-state index < -0.39 is 0 Å². The van der Waals surface area contributed by atoms with E-state index in [2.05, 4.69) is 48.5 Å². The van der Waals surface area contributed by atoms with E-state index in [0.717, 1.165) is 26.1 Å². The minimum atomic E-state index is 0.0145. The number of hydrogen-bond acceptors (Lipinski definition) is 2. The van der Waals surface area contributed by atoms with Gasteiger partial charge in [0.05, 0.1) is 6.61 Å². The monoisotopic (exact) mass is 294 g/mol. The second kappa shape index (κ2) is 6.23. The highest BCUT2D eigenvalue weighted by atomic mass is 16.7. The molecule has 0 bridgehead atoms. The van der Waals surface area contributed by atoms with E-state index in [1.54, 1.807) is 0 Å². The molecule has 1 aliphatic carbocycles. The highest BCUT2D eigenvalue weighted by Crippen LogP contribution is 2.46. The van der Waals surface area contributed by atoms with Crippen molar-refractivity contribution in [3.63, 3.8) is 0 Å². The summed E-state index contributed by atoms with van der Waals surface area (Å²) in [4.78, 5) is 0. The highest BCUT2D eigenvalue weighted by molar-refractivity contribution is 5.78. The van der Waals surface area contributed by atoms with Gasteiger partial charge in [0, 0.05) is 12.5 Å². The smallest absolute Gasteiger partial charge is 0.157 e. The lowest BCUT2D eigenvalue weighted by Crippen LogP contribution is -2.23. The van der Waals surface area contributed by atoms with Crippen LogP contribution in [0.3, 0.4) is 0 Å². The minimum Gasteiger partial charge on any atom is -0.353 e. The molecular formula is C20H22O2. The van der Waals surface area contributed by atoms with E-state index in [9.17, 15) is 0 Å². The maximum Gasteiger partial charge on any atom is 0.157 e. The fourth-order valence-corrected chi connectivity index (χ4v) is 3.73. The molecular weight excluding hydrogens is 272 g/mol. The lowest BCUT2D eigenvalue weighted by molar-refractivity contribution is -0.162. The molecule has 0 radical (unpaired) electrons. The third-order valence-corrected chi connectivity index (χ3v) is 4.81. The molecule has 1 unspecified atom stereocenters. The largest absolute Gasteiger partial charge is 0.353 e.